The summed E-state index contributed by atoms with van der Waals surface area (Å²) in [6.45, 7) is 7.67. The van der Waals surface area contributed by atoms with E-state index in [4.69, 9.17) is 23.9 Å². The summed E-state index contributed by atoms with van der Waals surface area (Å²) in [6.07, 6.45) is 0. The van der Waals surface area contributed by atoms with Crippen LogP contribution in [0.4, 0.5) is 5.69 Å². The third-order valence-electron chi connectivity index (χ3n) is 5.72. The number of nitrogens with zero attached hydrogens (tertiary/aromatic N) is 1. The summed E-state index contributed by atoms with van der Waals surface area (Å²) < 4.78 is 21.8. The van der Waals surface area contributed by atoms with Gasteiger partial charge in [0, 0.05) is 11.4 Å². The van der Waals surface area contributed by atoms with Gasteiger partial charge in [0.25, 0.3) is 0 Å². The maximum Gasteiger partial charge on any atom is 0.338 e. The van der Waals surface area contributed by atoms with Crippen LogP contribution in [0.2, 0.25) is 0 Å². The molecule has 1 aliphatic heterocycles. The topological polar surface area (TPSA) is 107 Å². The maximum absolute atomic E-state index is 12.9. The second kappa shape index (κ2) is 12.5. The van der Waals surface area contributed by atoms with E-state index >= 15 is 0 Å². The predicted molar refractivity (Wildman–Crippen MR) is 146 cm³/mol. The number of allylic oxidation sites excluding steroid dienone is 1. The Balaban J connectivity index is 1.91. The first-order chi connectivity index (χ1) is 17.7. The zero-order valence-electron chi connectivity index (χ0n) is 22.2. The van der Waals surface area contributed by atoms with Crippen LogP contribution in [0.25, 0.3) is 0 Å². The van der Waals surface area contributed by atoms with Crippen molar-refractivity contribution in [3.63, 3.8) is 0 Å². The number of hydrogen-bond acceptors (Lipinski definition) is 9. The summed E-state index contributed by atoms with van der Waals surface area (Å²) in [5.74, 6) is 0.797. The van der Waals surface area contributed by atoms with Gasteiger partial charge in [-0.3, -0.25) is 4.79 Å². The van der Waals surface area contributed by atoms with Crippen LogP contribution in [0.1, 0.15) is 36.6 Å². The molecule has 1 aliphatic rings. The van der Waals surface area contributed by atoms with Gasteiger partial charge in [0.15, 0.2) is 16.7 Å². The smallest absolute Gasteiger partial charge is 0.338 e. The number of carbonyl (C=O) groups is 2. The van der Waals surface area contributed by atoms with E-state index in [1.807, 2.05) is 32.0 Å². The number of amides is 1. The number of benzene rings is 2. The maximum atomic E-state index is 12.9. The van der Waals surface area contributed by atoms with Gasteiger partial charge in [-0.1, -0.05) is 23.9 Å². The quantitative estimate of drug-likeness (QED) is 0.458. The number of hydrogen-bond donors (Lipinski definition) is 2. The standard InChI is InChI=1S/C27H33N3O6S/c1-8-36-26(32)23-17(4)28-27(37-14-22(31)29-19-11-15(2)9-10-16(19)3)30-24(23)18-12-20(33-5)25(35-7)21(13-18)34-6/h9-13,24H,8,14H2,1-7H3,(H,28,30)(H,29,31)/t24-/m1/s1. The summed E-state index contributed by atoms with van der Waals surface area (Å²) in [5, 5.41) is 6.61. The minimum atomic E-state index is -0.710. The molecule has 3 rings (SSSR count). The van der Waals surface area contributed by atoms with Gasteiger partial charge in [0.2, 0.25) is 11.7 Å². The summed E-state index contributed by atoms with van der Waals surface area (Å²) in [6, 6.07) is 8.70. The summed E-state index contributed by atoms with van der Waals surface area (Å²) in [5.41, 5.74) is 4.42. The average molecular weight is 528 g/mol. The third kappa shape index (κ3) is 6.56. The molecule has 0 saturated carbocycles. The van der Waals surface area contributed by atoms with Crippen LogP contribution < -0.4 is 24.8 Å². The Labute approximate surface area is 221 Å². The molecule has 0 saturated heterocycles. The van der Waals surface area contributed by atoms with Crippen LogP contribution in [-0.2, 0) is 14.3 Å². The Bertz CT molecular complexity index is 1220. The lowest BCUT2D eigenvalue weighted by molar-refractivity contribution is -0.139. The number of carbonyl (C=O) groups excluding carboxylic acids is 2. The van der Waals surface area contributed by atoms with Crippen molar-refractivity contribution in [3.05, 3.63) is 58.3 Å². The highest BCUT2D eigenvalue weighted by atomic mass is 32.2. The van der Waals surface area contributed by atoms with Gasteiger partial charge in [-0.15, -0.1) is 0 Å². The van der Waals surface area contributed by atoms with Crippen molar-refractivity contribution in [3.8, 4) is 17.2 Å². The Morgan fingerprint density at radius 1 is 1.03 bits per heavy atom. The van der Waals surface area contributed by atoms with Gasteiger partial charge >= 0.3 is 5.97 Å². The number of nitrogens with one attached hydrogen (secondary N) is 2. The third-order valence-corrected chi connectivity index (χ3v) is 6.61. The summed E-state index contributed by atoms with van der Waals surface area (Å²) in [7, 11) is 4.57. The van der Waals surface area contributed by atoms with Crippen LogP contribution in [0, 0.1) is 13.8 Å². The highest BCUT2D eigenvalue weighted by Gasteiger charge is 2.32. The van der Waals surface area contributed by atoms with Crippen molar-refractivity contribution >= 4 is 34.5 Å². The van der Waals surface area contributed by atoms with Crippen molar-refractivity contribution in [2.45, 2.75) is 33.7 Å². The van der Waals surface area contributed by atoms with E-state index in [0.29, 0.717) is 39.2 Å². The lowest BCUT2D eigenvalue weighted by Gasteiger charge is -2.26. The molecule has 0 radical (unpaired) electrons. The summed E-state index contributed by atoms with van der Waals surface area (Å²) >= 11 is 1.24. The van der Waals surface area contributed by atoms with Crippen molar-refractivity contribution in [1.29, 1.82) is 0 Å². The van der Waals surface area contributed by atoms with Crippen LogP contribution in [-0.4, -0.2) is 50.7 Å². The molecule has 2 aromatic carbocycles. The first-order valence-corrected chi connectivity index (χ1v) is 12.7. The number of rotatable bonds is 9. The van der Waals surface area contributed by atoms with Gasteiger partial charge < -0.3 is 29.6 Å². The molecule has 0 spiro atoms. The lowest BCUT2D eigenvalue weighted by Crippen LogP contribution is -2.31. The lowest BCUT2D eigenvalue weighted by atomic mass is 9.96. The van der Waals surface area contributed by atoms with E-state index in [2.05, 4.69) is 10.6 Å². The van der Waals surface area contributed by atoms with Crippen LogP contribution in [0.5, 0.6) is 17.2 Å². The van der Waals surface area contributed by atoms with Crippen molar-refractivity contribution in [2.75, 3.05) is 39.0 Å². The fraction of sp³-hybridized carbons (Fsp3) is 0.370. The number of ether oxygens (including phenoxy) is 4. The fourth-order valence-electron chi connectivity index (χ4n) is 3.88. The normalized spacial score (nSPS) is 14.9. The van der Waals surface area contributed by atoms with Crippen LogP contribution in [0.3, 0.4) is 0 Å². The Kier molecular flexibility index (Phi) is 9.46. The zero-order chi connectivity index (χ0) is 27.1. The predicted octanol–water partition coefficient (Wildman–Crippen LogP) is 4.54. The van der Waals surface area contributed by atoms with Gasteiger partial charge in [0.05, 0.1) is 39.3 Å². The zero-order valence-corrected chi connectivity index (χ0v) is 23.0. The molecule has 0 aromatic heterocycles. The molecule has 1 atom stereocenters. The number of thioether (sulfide) groups is 1. The van der Waals surface area contributed by atoms with Gasteiger partial charge in [-0.2, -0.15) is 0 Å². The number of methoxy groups -OCH3 is 3. The van der Waals surface area contributed by atoms with E-state index < -0.39 is 12.0 Å². The monoisotopic (exact) mass is 527 g/mol. The van der Waals surface area contributed by atoms with Crippen LogP contribution in [0.15, 0.2) is 46.6 Å². The molecule has 1 amide bonds. The van der Waals surface area contributed by atoms with Crippen LogP contribution >= 0.6 is 11.8 Å². The summed E-state index contributed by atoms with van der Waals surface area (Å²) in [4.78, 5) is 30.4. The molecule has 37 heavy (non-hydrogen) atoms. The van der Waals surface area contributed by atoms with E-state index in [1.165, 1.54) is 33.1 Å². The minimum Gasteiger partial charge on any atom is -0.493 e. The second-order valence-corrected chi connectivity index (χ2v) is 9.30. The number of aliphatic imine (C=N–C) groups is 1. The van der Waals surface area contributed by atoms with E-state index in [-0.39, 0.29) is 18.3 Å². The van der Waals surface area contributed by atoms with Crippen molar-refractivity contribution < 1.29 is 28.5 Å². The fourth-order valence-corrected chi connectivity index (χ4v) is 4.63. The molecular formula is C27H33N3O6S. The molecule has 2 N–H and O–H groups in total. The Morgan fingerprint density at radius 2 is 1.70 bits per heavy atom. The van der Waals surface area contributed by atoms with Crippen molar-refractivity contribution in [1.82, 2.24) is 5.32 Å². The highest BCUT2D eigenvalue weighted by Crippen LogP contribution is 2.43. The number of amidine groups is 1. The average Bonchev–Trinajstić information content (AvgIpc) is 2.88. The molecule has 9 nitrogen and oxygen atoms in total. The minimum absolute atomic E-state index is 0.128. The Morgan fingerprint density at radius 3 is 2.30 bits per heavy atom. The largest absolute Gasteiger partial charge is 0.493 e. The molecule has 0 fully saturated rings. The second-order valence-electron chi connectivity index (χ2n) is 8.33. The molecule has 2 aromatic rings. The first-order valence-electron chi connectivity index (χ1n) is 11.7. The van der Waals surface area contributed by atoms with Gasteiger partial charge in [-0.05, 0) is 62.6 Å². The van der Waals surface area contributed by atoms with E-state index in [1.54, 1.807) is 26.0 Å². The van der Waals surface area contributed by atoms with E-state index in [0.717, 1.165) is 16.8 Å². The molecule has 1 heterocycles. The first kappa shape index (κ1) is 27.9. The molecule has 0 bridgehead atoms. The van der Waals surface area contributed by atoms with E-state index in [9.17, 15) is 9.59 Å². The number of esters is 1. The number of anilines is 1. The SMILES string of the molecule is CCOC(=O)C1=C(C)NC(SCC(=O)Nc2cc(C)ccc2C)=N[C@@H]1c1cc(OC)c(OC)c(OC)c1. The van der Waals surface area contributed by atoms with Crippen molar-refractivity contribution in [2.24, 2.45) is 4.99 Å². The van der Waals surface area contributed by atoms with Gasteiger partial charge in [0.1, 0.15) is 6.04 Å². The molecule has 198 valence electrons. The molecular weight excluding hydrogens is 494 g/mol. The molecule has 0 aliphatic carbocycles. The molecule has 0 unspecified atom stereocenters. The Hall–Kier alpha value is -3.66. The number of aryl methyl sites for hydroxylation is 2. The highest BCUT2D eigenvalue weighted by molar-refractivity contribution is 8.14. The molecule has 10 heteroatoms. The van der Waals surface area contributed by atoms with Gasteiger partial charge in [-0.25, -0.2) is 9.79 Å².